The Labute approximate surface area is 299 Å². The second kappa shape index (κ2) is 10.3. The Kier molecular flexibility index (Phi) is 5.82. The average Bonchev–Trinajstić information content (AvgIpc) is 3.82. The number of hydrogen-bond donors (Lipinski definition) is 0. The summed E-state index contributed by atoms with van der Waals surface area (Å²) in [4.78, 5) is 0. The molecule has 1 aromatic heterocycles. The molecule has 1 heterocycles. The van der Waals surface area contributed by atoms with Gasteiger partial charge < -0.3 is 0 Å². The maximum atomic E-state index is 2.65. The second-order valence-corrected chi connectivity index (χ2v) is 17.0. The number of fused-ring (bicyclic) bond motifs is 13. The van der Waals surface area contributed by atoms with Gasteiger partial charge in [-0.1, -0.05) is 128 Å². The summed E-state index contributed by atoms with van der Waals surface area (Å²) in [6.07, 6.45) is 44.6. The van der Waals surface area contributed by atoms with E-state index in [1.54, 1.807) is 33.4 Å². The van der Waals surface area contributed by atoms with E-state index >= 15 is 0 Å². The Hall–Kier alpha value is -4.46. The third-order valence-electron chi connectivity index (χ3n) is 14.1. The van der Waals surface area contributed by atoms with Crippen LogP contribution in [0.2, 0.25) is 0 Å². The highest BCUT2D eigenvalue weighted by atomic mass is 32.1. The van der Waals surface area contributed by atoms with Crippen molar-refractivity contribution in [2.45, 2.75) is 38.5 Å². The van der Waals surface area contributed by atoms with Crippen molar-refractivity contribution >= 4 is 37.1 Å². The van der Waals surface area contributed by atoms with Gasteiger partial charge in [0.25, 0.3) is 0 Å². The van der Waals surface area contributed by atoms with Gasteiger partial charge in [0.05, 0.1) is 0 Å². The van der Waals surface area contributed by atoms with Crippen LogP contribution in [0.1, 0.15) is 44.1 Å². The van der Waals surface area contributed by atoms with E-state index < -0.39 is 0 Å². The summed E-state index contributed by atoms with van der Waals surface area (Å²) in [6, 6.07) is 16.0. The van der Waals surface area contributed by atoms with Gasteiger partial charge in [-0.3, -0.25) is 0 Å². The van der Waals surface area contributed by atoms with E-state index in [0.717, 1.165) is 19.3 Å². The Balaban J connectivity index is 1.04. The third-order valence-corrected chi connectivity index (χ3v) is 15.4. The highest BCUT2D eigenvalue weighted by Crippen LogP contribution is 2.76. The van der Waals surface area contributed by atoms with Crippen molar-refractivity contribution in [1.82, 2.24) is 0 Å². The van der Waals surface area contributed by atoms with Crippen LogP contribution < -0.4 is 0 Å². The van der Waals surface area contributed by atoms with Gasteiger partial charge in [-0.15, -0.1) is 11.3 Å². The molecule has 1 heteroatoms. The predicted molar refractivity (Wildman–Crippen MR) is 210 cm³/mol. The Bertz CT molecular complexity index is 2460. The fourth-order valence-corrected chi connectivity index (χ4v) is 13.7. The van der Waals surface area contributed by atoms with Gasteiger partial charge in [-0.25, -0.2) is 0 Å². The summed E-state index contributed by atoms with van der Waals surface area (Å²) >= 11 is 1.98. The maximum absolute atomic E-state index is 2.65. The van der Waals surface area contributed by atoms with E-state index in [-0.39, 0.29) is 5.41 Å². The smallest absolute Gasteiger partial charge is 0.0430 e. The molecule has 242 valence electrons. The first-order valence-electron chi connectivity index (χ1n) is 19.1. The van der Waals surface area contributed by atoms with Crippen LogP contribution in [-0.4, -0.2) is 0 Å². The minimum Gasteiger partial charge on any atom is -0.135 e. The van der Waals surface area contributed by atoms with E-state index in [9.17, 15) is 0 Å². The lowest BCUT2D eigenvalue weighted by Crippen LogP contribution is -2.43. The zero-order valence-corrected chi connectivity index (χ0v) is 29.1. The molecular weight excluding hydrogens is 621 g/mol. The van der Waals surface area contributed by atoms with Crippen LogP contribution in [0, 0.1) is 40.9 Å². The van der Waals surface area contributed by atoms with Crippen LogP contribution in [-0.2, 0) is 0 Å². The number of thiophene rings is 1. The predicted octanol–water partition coefficient (Wildman–Crippen LogP) is 12.7. The van der Waals surface area contributed by atoms with E-state index in [1.165, 1.54) is 61.7 Å². The number of benzene rings is 2. The molecule has 2 saturated carbocycles. The highest BCUT2D eigenvalue weighted by Gasteiger charge is 2.68. The Morgan fingerprint density at radius 1 is 0.620 bits per heavy atom. The fraction of sp³-hybridized carbons (Fsp3) is 0.265. The van der Waals surface area contributed by atoms with Crippen molar-refractivity contribution < 1.29 is 0 Å². The first-order valence-corrected chi connectivity index (χ1v) is 19.9. The van der Waals surface area contributed by atoms with E-state index in [0.29, 0.717) is 35.5 Å². The Morgan fingerprint density at radius 3 is 2.28 bits per heavy atom. The zero-order chi connectivity index (χ0) is 32.6. The van der Waals surface area contributed by atoms with Gasteiger partial charge in [0.1, 0.15) is 0 Å². The van der Waals surface area contributed by atoms with E-state index in [4.69, 9.17) is 0 Å². The number of allylic oxidation sites excluding steroid dienone is 24. The largest absolute Gasteiger partial charge is 0.135 e. The lowest BCUT2D eigenvalue weighted by atomic mass is 9.55. The van der Waals surface area contributed by atoms with Crippen molar-refractivity contribution in [3.8, 4) is 0 Å². The molecule has 0 aliphatic heterocycles. The first kappa shape index (κ1) is 28.3. The minimum absolute atomic E-state index is 0.186. The minimum atomic E-state index is 0.186. The lowest BCUT2D eigenvalue weighted by Gasteiger charge is -2.47. The molecular formula is C49H40S. The molecule has 12 rings (SSSR count). The van der Waals surface area contributed by atoms with Gasteiger partial charge in [0.2, 0.25) is 0 Å². The molecule has 0 nitrogen and oxygen atoms in total. The molecule has 7 unspecified atom stereocenters. The molecule has 50 heavy (non-hydrogen) atoms. The molecule has 2 aromatic carbocycles. The summed E-state index contributed by atoms with van der Waals surface area (Å²) in [5, 5.41) is 2.81. The SMILES string of the molecule is C1=CCC2C(=C1)C1=CC=C(c3cccc4c3sc3ccccc34)CC1C21C2CC=CC3=C2C2=C(C=CCC21)C1C=C(C2=CCCC=C2)C=CC31. The molecule has 0 amide bonds. The molecule has 9 aliphatic rings. The molecule has 0 N–H and O–H groups in total. The van der Waals surface area contributed by atoms with Gasteiger partial charge in [0.15, 0.2) is 0 Å². The number of hydrogen-bond acceptors (Lipinski definition) is 1. The maximum Gasteiger partial charge on any atom is 0.0430 e. The van der Waals surface area contributed by atoms with Crippen LogP contribution in [0.15, 0.2) is 178 Å². The van der Waals surface area contributed by atoms with E-state index in [1.807, 2.05) is 11.3 Å². The molecule has 0 saturated heterocycles. The molecule has 0 bridgehead atoms. The highest BCUT2D eigenvalue weighted by molar-refractivity contribution is 7.26. The van der Waals surface area contributed by atoms with Gasteiger partial charge in [-0.2, -0.15) is 0 Å². The zero-order valence-electron chi connectivity index (χ0n) is 28.3. The topological polar surface area (TPSA) is 0 Å². The van der Waals surface area contributed by atoms with Gasteiger partial charge in [-0.05, 0) is 129 Å². The second-order valence-electron chi connectivity index (χ2n) is 16.0. The molecule has 2 fully saturated rings. The van der Waals surface area contributed by atoms with Gasteiger partial charge in [0, 0.05) is 32.0 Å². The van der Waals surface area contributed by atoms with Crippen molar-refractivity contribution in [3.05, 3.63) is 184 Å². The van der Waals surface area contributed by atoms with Crippen LogP contribution >= 0.6 is 11.3 Å². The van der Waals surface area contributed by atoms with Crippen molar-refractivity contribution in [2.24, 2.45) is 40.9 Å². The van der Waals surface area contributed by atoms with Crippen LogP contribution in [0.3, 0.4) is 0 Å². The van der Waals surface area contributed by atoms with Crippen molar-refractivity contribution in [1.29, 1.82) is 0 Å². The van der Waals surface area contributed by atoms with Crippen LogP contribution in [0.4, 0.5) is 0 Å². The van der Waals surface area contributed by atoms with Gasteiger partial charge >= 0.3 is 0 Å². The fourth-order valence-electron chi connectivity index (χ4n) is 12.4. The molecule has 3 aromatic rings. The van der Waals surface area contributed by atoms with Crippen molar-refractivity contribution in [2.75, 3.05) is 0 Å². The summed E-state index contributed by atoms with van der Waals surface area (Å²) in [5.41, 5.74) is 16.1. The summed E-state index contributed by atoms with van der Waals surface area (Å²) in [5.74, 6) is 3.07. The summed E-state index contributed by atoms with van der Waals surface area (Å²) in [6.45, 7) is 0. The Morgan fingerprint density at radius 2 is 1.42 bits per heavy atom. The normalized spacial score (nSPS) is 34.0. The van der Waals surface area contributed by atoms with Crippen LogP contribution in [0.5, 0.6) is 0 Å². The lowest BCUT2D eigenvalue weighted by molar-refractivity contribution is 0.0542. The van der Waals surface area contributed by atoms with Crippen molar-refractivity contribution in [3.63, 3.8) is 0 Å². The summed E-state index contributed by atoms with van der Waals surface area (Å²) in [7, 11) is 0. The number of rotatable bonds is 2. The molecule has 0 radical (unpaired) electrons. The van der Waals surface area contributed by atoms with E-state index in [2.05, 4.69) is 134 Å². The molecule has 1 spiro atoms. The quantitative estimate of drug-likeness (QED) is 0.257. The first-order chi connectivity index (χ1) is 24.8. The molecule has 7 atom stereocenters. The monoisotopic (exact) mass is 660 g/mol. The average molecular weight is 661 g/mol. The standard InChI is InChI=1S/C49H40S/c1-2-11-29(12-3-1)30-23-25-33-37-16-9-20-42-46(37)47-38(40(33)27-30)17-10-21-43(47)49(42)41-19-6-4-13-34(41)35-26-24-31(28-44(35)49)32-15-8-18-39-36-14-5-7-22-45(36)50-48(32)39/h2,4-18,22-27,33,40-44H,1,3,19-21,28H2. The summed E-state index contributed by atoms with van der Waals surface area (Å²) < 4.78 is 2.85. The van der Waals surface area contributed by atoms with Crippen LogP contribution in [0.25, 0.3) is 25.7 Å². The molecule has 9 aliphatic carbocycles. The third kappa shape index (κ3) is 3.52.